The fourth-order valence-corrected chi connectivity index (χ4v) is 2.75. The van der Waals surface area contributed by atoms with Gasteiger partial charge in [-0.05, 0) is 56.5 Å². The molecule has 2 rings (SSSR count). The van der Waals surface area contributed by atoms with Crippen molar-refractivity contribution in [2.24, 2.45) is 5.92 Å². The fraction of sp³-hybridized carbons (Fsp3) is 0.600. The number of hydrogen-bond acceptors (Lipinski definition) is 4. The Bertz CT molecular complexity index is 413. The van der Waals surface area contributed by atoms with Crippen molar-refractivity contribution < 1.29 is 9.84 Å². The minimum Gasteiger partial charge on any atom is -0.497 e. The van der Waals surface area contributed by atoms with Crippen LogP contribution in [0.1, 0.15) is 25.3 Å². The minimum atomic E-state index is -0.186. The monoisotopic (exact) mass is 264 g/mol. The van der Waals surface area contributed by atoms with E-state index in [9.17, 15) is 5.11 Å². The standard InChI is InChI=1S/C15H24N2O2/c1-11(18)13-3-5-17(6-4-13)10-12-7-14(16)9-15(8-12)19-2/h7-9,11,13,18H,3-6,10,16H2,1-2H3. The first-order valence-electron chi connectivity index (χ1n) is 6.92. The molecule has 0 bridgehead atoms. The number of nitrogen functional groups attached to an aromatic ring is 1. The Kier molecular flexibility index (Phi) is 4.66. The van der Waals surface area contributed by atoms with Crippen molar-refractivity contribution in [3.63, 3.8) is 0 Å². The van der Waals surface area contributed by atoms with Crippen molar-refractivity contribution in [1.29, 1.82) is 0 Å². The number of nitrogens with zero attached hydrogens (tertiary/aromatic N) is 1. The van der Waals surface area contributed by atoms with Gasteiger partial charge in [-0.2, -0.15) is 0 Å². The Morgan fingerprint density at radius 3 is 2.63 bits per heavy atom. The molecule has 1 aromatic rings. The van der Waals surface area contributed by atoms with Crippen LogP contribution in [0.4, 0.5) is 5.69 Å². The van der Waals surface area contributed by atoms with Gasteiger partial charge in [-0.1, -0.05) is 0 Å². The molecule has 1 aliphatic heterocycles. The summed E-state index contributed by atoms with van der Waals surface area (Å²) in [7, 11) is 1.66. The van der Waals surface area contributed by atoms with Gasteiger partial charge in [0.1, 0.15) is 5.75 Å². The van der Waals surface area contributed by atoms with E-state index in [0.29, 0.717) is 5.92 Å². The van der Waals surface area contributed by atoms with E-state index in [1.807, 2.05) is 25.1 Å². The van der Waals surface area contributed by atoms with E-state index in [0.717, 1.165) is 43.9 Å². The van der Waals surface area contributed by atoms with E-state index in [2.05, 4.69) is 4.90 Å². The number of ether oxygens (including phenoxy) is 1. The molecule has 1 unspecified atom stereocenters. The molecule has 1 atom stereocenters. The summed E-state index contributed by atoms with van der Waals surface area (Å²) in [5, 5.41) is 9.61. The Morgan fingerprint density at radius 1 is 1.37 bits per heavy atom. The fourth-order valence-electron chi connectivity index (χ4n) is 2.75. The van der Waals surface area contributed by atoms with Crippen molar-refractivity contribution in [1.82, 2.24) is 4.90 Å². The lowest BCUT2D eigenvalue weighted by Crippen LogP contribution is -2.36. The van der Waals surface area contributed by atoms with Crippen LogP contribution in [0.15, 0.2) is 18.2 Å². The van der Waals surface area contributed by atoms with Crippen LogP contribution < -0.4 is 10.5 Å². The third-order valence-electron chi connectivity index (χ3n) is 3.94. The van der Waals surface area contributed by atoms with Crippen LogP contribution >= 0.6 is 0 Å². The molecule has 0 amide bonds. The van der Waals surface area contributed by atoms with Gasteiger partial charge < -0.3 is 15.6 Å². The van der Waals surface area contributed by atoms with E-state index >= 15 is 0 Å². The molecule has 3 N–H and O–H groups in total. The van der Waals surface area contributed by atoms with Crippen molar-refractivity contribution >= 4 is 5.69 Å². The maximum absolute atomic E-state index is 9.61. The quantitative estimate of drug-likeness (QED) is 0.815. The Morgan fingerprint density at radius 2 is 2.05 bits per heavy atom. The normalized spacial score (nSPS) is 19.3. The third kappa shape index (κ3) is 3.85. The summed E-state index contributed by atoms with van der Waals surface area (Å²) in [4.78, 5) is 2.41. The molecule has 0 saturated carbocycles. The molecule has 1 saturated heterocycles. The number of rotatable bonds is 4. The molecule has 4 nitrogen and oxygen atoms in total. The number of likely N-dealkylation sites (tertiary alicyclic amines) is 1. The van der Waals surface area contributed by atoms with Crippen molar-refractivity contribution in [2.75, 3.05) is 25.9 Å². The summed E-state index contributed by atoms with van der Waals surface area (Å²) in [6.07, 6.45) is 1.95. The van der Waals surface area contributed by atoms with Crippen LogP contribution in [0.25, 0.3) is 0 Å². The van der Waals surface area contributed by atoms with E-state index in [1.54, 1.807) is 7.11 Å². The maximum Gasteiger partial charge on any atom is 0.121 e. The second-order valence-corrected chi connectivity index (χ2v) is 5.47. The molecule has 1 heterocycles. The molecule has 1 aliphatic rings. The van der Waals surface area contributed by atoms with Crippen LogP contribution in [0.2, 0.25) is 0 Å². The Hall–Kier alpha value is -1.26. The van der Waals surface area contributed by atoms with Crippen molar-refractivity contribution in [2.45, 2.75) is 32.4 Å². The molecule has 106 valence electrons. The summed E-state index contributed by atoms with van der Waals surface area (Å²) in [5.74, 6) is 1.26. The molecule has 4 heteroatoms. The lowest BCUT2D eigenvalue weighted by Gasteiger charge is -2.33. The highest BCUT2D eigenvalue weighted by Gasteiger charge is 2.22. The zero-order valence-corrected chi connectivity index (χ0v) is 11.8. The van der Waals surface area contributed by atoms with Crippen LogP contribution in [-0.4, -0.2) is 36.3 Å². The van der Waals surface area contributed by atoms with Crippen molar-refractivity contribution in [3.05, 3.63) is 23.8 Å². The molecule has 0 aromatic heterocycles. The number of methoxy groups -OCH3 is 1. The van der Waals surface area contributed by atoms with Gasteiger partial charge in [0.05, 0.1) is 13.2 Å². The van der Waals surface area contributed by atoms with Gasteiger partial charge in [-0.25, -0.2) is 0 Å². The predicted octanol–water partition coefficient (Wildman–Crippen LogP) is 1.87. The van der Waals surface area contributed by atoms with Crippen LogP contribution in [0, 0.1) is 5.92 Å². The number of benzene rings is 1. The predicted molar refractivity (Wildman–Crippen MR) is 77.1 cm³/mol. The third-order valence-corrected chi connectivity index (χ3v) is 3.94. The van der Waals surface area contributed by atoms with Gasteiger partial charge in [-0.3, -0.25) is 4.90 Å². The Labute approximate surface area is 115 Å². The largest absolute Gasteiger partial charge is 0.497 e. The van der Waals surface area contributed by atoms with E-state index in [1.165, 1.54) is 5.56 Å². The lowest BCUT2D eigenvalue weighted by molar-refractivity contribution is 0.0695. The van der Waals surface area contributed by atoms with Crippen molar-refractivity contribution in [3.8, 4) is 5.75 Å². The molecule has 1 aromatic carbocycles. The van der Waals surface area contributed by atoms with Gasteiger partial charge in [0.2, 0.25) is 0 Å². The number of hydrogen-bond donors (Lipinski definition) is 2. The second-order valence-electron chi connectivity index (χ2n) is 5.47. The second kappa shape index (κ2) is 6.26. The van der Waals surface area contributed by atoms with Crippen LogP contribution in [0.5, 0.6) is 5.75 Å². The summed E-state index contributed by atoms with van der Waals surface area (Å²) < 4.78 is 5.24. The molecule has 0 radical (unpaired) electrons. The maximum atomic E-state index is 9.61. The van der Waals surface area contributed by atoms with Gasteiger partial charge in [0.15, 0.2) is 0 Å². The first-order valence-corrected chi connectivity index (χ1v) is 6.92. The summed E-state index contributed by atoms with van der Waals surface area (Å²) in [6.45, 7) is 4.86. The molecule has 1 fully saturated rings. The average molecular weight is 264 g/mol. The SMILES string of the molecule is COc1cc(N)cc(CN2CCC(C(C)O)CC2)c1. The summed E-state index contributed by atoms with van der Waals surface area (Å²) in [6, 6.07) is 5.88. The average Bonchev–Trinajstić information content (AvgIpc) is 2.38. The first-order chi connectivity index (χ1) is 9.08. The van der Waals surface area contributed by atoms with E-state index in [4.69, 9.17) is 10.5 Å². The molecular formula is C15H24N2O2. The Balaban J connectivity index is 1.93. The number of aliphatic hydroxyl groups is 1. The summed E-state index contributed by atoms with van der Waals surface area (Å²) in [5.41, 5.74) is 7.80. The number of nitrogens with two attached hydrogens (primary N) is 1. The highest BCUT2D eigenvalue weighted by Crippen LogP contribution is 2.24. The minimum absolute atomic E-state index is 0.186. The number of piperidine rings is 1. The summed E-state index contributed by atoms with van der Waals surface area (Å²) >= 11 is 0. The molecule has 0 aliphatic carbocycles. The van der Waals surface area contributed by atoms with Gasteiger partial charge in [0, 0.05) is 18.3 Å². The van der Waals surface area contributed by atoms with Gasteiger partial charge in [-0.15, -0.1) is 0 Å². The van der Waals surface area contributed by atoms with Gasteiger partial charge >= 0.3 is 0 Å². The van der Waals surface area contributed by atoms with E-state index in [-0.39, 0.29) is 6.10 Å². The van der Waals surface area contributed by atoms with E-state index < -0.39 is 0 Å². The first kappa shape index (κ1) is 14.2. The lowest BCUT2D eigenvalue weighted by atomic mass is 9.92. The zero-order valence-electron chi connectivity index (χ0n) is 11.8. The molecule has 0 spiro atoms. The highest BCUT2D eigenvalue weighted by molar-refractivity contribution is 5.47. The van der Waals surface area contributed by atoms with Gasteiger partial charge in [0.25, 0.3) is 0 Å². The molecule has 19 heavy (non-hydrogen) atoms. The topological polar surface area (TPSA) is 58.7 Å². The number of anilines is 1. The van der Waals surface area contributed by atoms with Crippen LogP contribution in [-0.2, 0) is 6.54 Å². The smallest absolute Gasteiger partial charge is 0.121 e. The highest BCUT2D eigenvalue weighted by atomic mass is 16.5. The molecular weight excluding hydrogens is 240 g/mol. The zero-order chi connectivity index (χ0) is 13.8. The van der Waals surface area contributed by atoms with Crippen LogP contribution in [0.3, 0.4) is 0 Å². The number of aliphatic hydroxyl groups excluding tert-OH is 1.